The molecular formula is C13H25NO3S. The van der Waals surface area contributed by atoms with E-state index in [2.05, 4.69) is 4.72 Å². The average Bonchev–Trinajstić information content (AvgIpc) is 2.32. The lowest BCUT2D eigenvalue weighted by molar-refractivity contribution is 0.101. The molecule has 2 atom stereocenters. The van der Waals surface area contributed by atoms with E-state index in [9.17, 15) is 13.5 Å². The van der Waals surface area contributed by atoms with E-state index in [1.54, 1.807) is 0 Å². The van der Waals surface area contributed by atoms with E-state index >= 15 is 0 Å². The summed E-state index contributed by atoms with van der Waals surface area (Å²) in [7, 11) is -3.22. The van der Waals surface area contributed by atoms with Crippen molar-refractivity contribution in [3.63, 3.8) is 0 Å². The molecule has 0 spiro atoms. The van der Waals surface area contributed by atoms with Gasteiger partial charge in [-0.1, -0.05) is 32.1 Å². The van der Waals surface area contributed by atoms with E-state index in [1.165, 1.54) is 6.42 Å². The average molecular weight is 275 g/mol. The maximum absolute atomic E-state index is 12.1. The predicted octanol–water partition coefficient (Wildman–Crippen LogP) is 1.79. The Hall–Kier alpha value is -0.130. The summed E-state index contributed by atoms with van der Waals surface area (Å²) in [6.07, 6.45) is 8.63. The number of rotatable bonds is 4. The van der Waals surface area contributed by atoms with Gasteiger partial charge in [0.2, 0.25) is 10.0 Å². The summed E-state index contributed by atoms with van der Waals surface area (Å²) in [4.78, 5) is 0. The van der Waals surface area contributed by atoms with E-state index in [4.69, 9.17) is 0 Å². The van der Waals surface area contributed by atoms with Crippen LogP contribution in [0.5, 0.6) is 0 Å². The van der Waals surface area contributed by atoms with E-state index in [0.29, 0.717) is 5.92 Å². The van der Waals surface area contributed by atoms with Crippen LogP contribution in [0.2, 0.25) is 0 Å². The van der Waals surface area contributed by atoms with Gasteiger partial charge in [-0.3, -0.25) is 0 Å². The Bertz CT molecular complexity index is 349. The first-order valence-corrected chi connectivity index (χ1v) is 8.90. The molecule has 5 heteroatoms. The van der Waals surface area contributed by atoms with Crippen molar-refractivity contribution in [1.82, 2.24) is 4.72 Å². The van der Waals surface area contributed by atoms with Gasteiger partial charge in [-0.15, -0.1) is 0 Å². The summed E-state index contributed by atoms with van der Waals surface area (Å²) in [6.45, 7) is 0. The molecule has 0 unspecified atom stereocenters. The Morgan fingerprint density at radius 2 is 1.56 bits per heavy atom. The molecule has 0 aromatic rings. The fraction of sp³-hybridized carbons (Fsp3) is 1.00. The highest BCUT2D eigenvalue weighted by molar-refractivity contribution is 7.89. The van der Waals surface area contributed by atoms with Crippen LogP contribution >= 0.6 is 0 Å². The minimum absolute atomic E-state index is 0.246. The molecule has 2 rings (SSSR count). The van der Waals surface area contributed by atoms with Gasteiger partial charge in [0, 0.05) is 6.04 Å². The molecule has 0 aliphatic heterocycles. The van der Waals surface area contributed by atoms with E-state index in [1.807, 2.05) is 0 Å². The summed E-state index contributed by atoms with van der Waals surface area (Å²) in [5.41, 5.74) is 0. The molecule has 4 nitrogen and oxygen atoms in total. The van der Waals surface area contributed by atoms with Crippen LogP contribution in [0.25, 0.3) is 0 Å². The molecule has 0 radical (unpaired) electrons. The Kier molecular flexibility index (Phi) is 5.04. The van der Waals surface area contributed by atoms with Gasteiger partial charge in [-0.2, -0.15) is 0 Å². The second-order valence-electron chi connectivity index (χ2n) is 5.86. The zero-order valence-electron chi connectivity index (χ0n) is 11.0. The van der Waals surface area contributed by atoms with E-state index < -0.39 is 16.1 Å². The minimum Gasteiger partial charge on any atom is -0.391 e. The maximum atomic E-state index is 12.1. The molecule has 106 valence electrons. The van der Waals surface area contributed by atoms with Gasteiger partial charge in [0.05, 0.1) is 11.9 Å². The summed E-state index contributed by atoms with van der Waals surface area (Å²) >= 11 is 0. The van der Waals surface area contributed by atoms with Crippen LogP contribution in [0, 0.1) is 5.92 Å². The van der Waals surface area contributed by atoms with Gasteiger partial charge < -0.3 is 5.11 Å². The Morgan fingerprint density at radius 1 is 0.944 bits per heavy atom. The topological polar surface area (TPSA) is 66.4 Å². The molecule has 0 saturated heterocycles. The fourth-order valence-electron chi connectivity index (χ4n) is 3.19. The Balaban J connectivity index is 1.85. The minimum atomic E-state index is -3.22. The third-order valence-corrected chi connectivity index (χ3v) is 5.81. The Morgan fingerprint density at radius 3 is 2.22 bits per heavy atom. The van der Waals surface area contributed by atoms with Gasteiger partial charge in [0.15, 0.2) is 0 Å². The van der Waals surface area contributed by atoms with Gasteiger partial charge in [-0.05, 0) is 31.6 Å². The lowest BCUT2D eigenvalue weighted by Gasteiger charge is -2.29. The standard InChI is InChI=1S/C13H25NO3S/c15-13-9-5-4-8-12(13)14-18(16,17)10-11-6-2-1-3-7-11/h11-15H,1-10H2/t12-,13-/m1/s1. The van der Waals surface area contributed by atoms with Crippen molar-refractivity contribution < 1.29 is 13.5 Å². The summed E-state index contributed by atoms with van der Waals surface area (Å²) in [6, 6.07) is -0.257. The van der Waals surface area contributed by atoms with Crippen LogP contribution in [0.3, 0.4) is 0 Å². The van der Waals surface area contributed by atoms with Crippen molar-refractivity contribution in [2.75, 3.05) is 5.75 Å². The zero-order valence-corrected chi connectivity index (χ0v) is 11.8. The smallest absolute Gasteiger partial charge is 0.212 e. The highest BCUT2D eigenvalue weighted by Crippen LogP contribution is 2.25. The predicted molar refractivity (Wildman–Crippen MR) is 71.8 cm³/mol. The first-order chi connectivity index (χ1) is 8.57. The zero-order chi connectivity index (χ0) is 13.0. The van der Waals surface area contributed by atoms with E-state index in [0.717, 1.165) is 51.4 Å². The van der Waals surface area contributed by atoms with Crippen LogP contribution in [0.15, 0.2) is 0 Å². The summed E-state index contributed by atoms with van der Waals surface area (Å²) < 4.78 is 26.9. The second kappa shape index (κ2) is 6.35. The number of sulfonamides is 1. The largest absolute Gasteiger partial charge is 0.391 e. The highest BCUT2D eigenvalue weighted by atomic mass is 32.2. The molecule has 0 heterocycles. The molecule has 18 heavy (non-hydrogen) atoms. The lowest BCUT2D eigenvalue weighted by Crippen LogP contribution is -2.46. The van der Waals surface area contributed by atoms with Crippen LogP contribution in [-0.2, 0) is 10.0 Å². The third kappa shape index (κ3) is 4.21. The fourth-order valence-corrected chi connectivity index (χ4v) is 4.98. The number of aliphatic hydroxyl groups is 1. The van der Waals surface area contributed by atoms with Gasteiger partial charge in [0.25, 0.3) is 0 Å². The molecule has 2 fully saturated rings. The monoisotopic (exact) mass is 275 g/mol. The Labute approximate surface area is 110 Å². The van der Waals surface area contributed by atoms with Crippen LogP contribution in [-0.4, -0.2) is 31.4 Å². The van der Waals surface area contributed by atoms with Crippen molar-refractivity contribution in [3.05, 3.63) is 0 Å². The van der Waals surface area contributed by atoms with Crippen molar-refractivity contribution in [3.8, 4) is 0 Å². The van der Waals surface area contributed by atoms with Crippen molar-refractivity contribution >= 4 is 10.0 Å². The lowest BCUT2D eigenvalue weighted by atomic mass is 9.91. The molecule has 0 bridgehead atoms. The summed E-state index contributed by atoms with van der Waals surface area (Å²) in [5.74, 6) is 0.563. The second-order valence-corrected chi connectivity index (χ2v) is 7.66. The van der Waals surface area contributed by atoms with E-state index in [-0.39, 0.29) is 11.8 Å². The van der Waals surface area contributed by atoms with Crippen molar-refractivity contribution in [2.45, 2.75) is 69.9 Å². The van der Waals surface area contributed by atoms with Crippen molar-refractivity contribution in [1.29, 1.82) is 0 Å². The van der Waals surface area contributed by atoms with Gasteiger partial charge in [-0.25, -0.2) is 13.1 Å². The van der Waals surface area contributed by atoms with Crippen molar-refractivity contribution in [2.24, 2.45) is 5.92 Å². The van der Waals surface area contributed by atoms with Crippen LogP contribution < -0.4 is 4.72 Å². The number of hydrogen-bond acceptors (Lipinski definition) is 3. The molecular weight excluding hydrogens is 250 g/mol. The third-order valence-electron chi connectivity index (χ3n) is 4.24. The maximum Gasteiger partial charge on any atom is 0.212 e. The molecule has 2 aliphatic rings. The number of nitrogens with one attached hydrogen (secondary N) is 1. The summed E-state index contributed by atoms with van der Waals surface area (Å²) in [5, 5.41) is 9.81. The number of aliphatic hydroxyl groups excluding tert-OH is 1. The molecule has 0 amide bonds. The molecule has 0 aromatic carbocycles. The first kappa shape index (κ1) is 14.3. The van der Waals surface area contributed by atoms with Crippen LogP contribution in [0.4, 0.5) is 0 Å². The first-order valence-electron chi connectivity index (χ1n) is 7.25. The van der Waals surface area contributed by atoms with Crippen LogP contribution in [0.1, 0.15) is 57.8 Å². The van der Waals surface area contributed by atoms with Gasteiger partial charge >= 0.3 is 0 Å². The molecule has 0 aromatic heterocycles. The normalized spacial score (nSPS) is 31.4. The van der Waals surface area contributed by atoms with Gasteiger partial charge in [0.1, 0.15) is 0 Å². The molecule has 2 aliphatic carbocycles. The molecule has 2 saturated carbocycles. The SMILES string of the molecule is O=S(=O)(CC1CCCCC1)N[C@@H]1CCCC[C@H]1O. The molecule has 2 N–H and O–H groups in total. The quantitative estimate of drug-likeness (QED) is 0.822. The number of hydrogen-bond donors (Lipinski definition) is 2. The highest BCUT2D eigenvalue weighted by Gasteiger charge is 2.29.